The van der Waals surface area contributed by atoms with Gasteiger partial charge in [-0.05, 0) is 12.3 Å². The van der Waals surface area contributed by atoms with Crippen molar-refractivity contribution in [2.75, 3.05) is 19.8 Å². The molecule has 1 saturated heterocycles. The van der Waals surface area contributed by atoms with Crippen molar-refractivity contribution in [3.05, 3.63) is 11.7 Å². The molecule has 3 N–H and O–H groups in total. The molecule has 1 aliphatic rings. The van der Waals surface area contributed by atoms with Crippen molar-refractivity contribution in [2.45, 2.75) is 18.9 Å². The van der Waals surface area contributed by atoms with E-state index in [9.17, 15) is 5.11 Å². The van der Waals surface area contributed by atoms with Crippen molar-refractivity contribution >= 4 is 0 Å². The Morgan fingerprint density at radius 3 is 3.13 bits per heavy atom. The minimum Gasteiger partial charge on any atom is -0.382 e. The number of aromatic nitrogens is 2. The Kier molecular flexibility index (Phi) is 3.30. The Balaban J connectivity index is 1.94. The van der Waals surface area contributed by atoms with E-state index >= 15 is 0 Å². The first-order chi connectivity index (χ1) is 7.29. The Hall–Kier alpha value is -0.980. The molecule has 1 unspecified atom stereocenters. The highest BCUT2D eigenvalue weighted by Crippen LogP contribution is 2.17. The summed E-state index contributed by atoms with van der Waals surface area (Å²) < 4.78 is 10.1. The second-order valence-corrected chi connectivity index (χ2v) is 3.73. The molecule has 1 fully saturated rings. The summed E-state index contributed by atoms with van der Waals surface area (Å²) >= 11 is 0. The number of hydrogen-bond donors (Lipinski definition) is 2. The average molecular weight is 213 g/mol. The van der Waals surface area contributed by atoms with Gasteiger partial charge in [0, 0.05) is 26.2 Å². The molecule has 2 rings (SSSR count). The molecule has 0 radical (unpaired) electrons. The van der Waals surface area contributed by atoms with Gasteiger partial charge < -0.3 is 20.1 Å². The first-order valence-electron chi connectivity index (χ1n) is 5.08. The minimum atomic E-state index is -0.855. The molecular formula is C9H15N3O3. The summed E-state index contributed by atoms with van der Waals surface area (Å²) in [7, 11) is 0. The standard InChI is InChI=1S/C9H15N3O3/c10-4-7(13)9-11-8(12-15-9)3-6-1-2-14-5-6/h6-7,13H,1-5,10H2/t6?,7-/m0/s1. The van der Waals surface area contributed by atoms with Crippen LogP contribution in [0.25, 0.3) is 0 Å². The summed E-state index contributed by atoms with van der Waals surface area (Å²) in [5, 5.41) is 13.1. The third-order valence-corrected chi connectivity index (χ3v) is 2.49. The van der Waals surface area contributed by atoms with Gasteiger partial charge in [0.15, 0.2) is 5.82 Å². The summed E-state index contributed by atoms with van der Waals surface area (Å²) in [6, 6.07) is 0. The molecule has 15 heavy (non-hydrogen) atoms. The molecular weight excluding hydrogens is 198 g/mol. The Bertz CT molecular complexity index is 309. The second-order valence-electron chi connectivity index (χ2n) is 3.73. The molecule has 0 bridgehead atoms. The number of nitrogens with zero attached hydrogens (tertiary/aromatic N) is 2. The maximum atomic E-state index is 9.36. The molecule has 2 atom stereocenters. The predicted molar refractivity (Wildman–Crippen MR) is 50.9 cm³/mol. The van der Waals surface area contributed by atoms with E-state index in [1.165, 1.54) is 0 Å². The molecule has 84 valence electrons. The first-order valence-corrected chi connectivity index (χ1v) is 5.08. The predicted octanol–water partition coefficient (Wildman–Crippen LogP) is -0.359. The molecule has 1 aliphatic heterocycles. The van der Waals surface area contributed by atoms with Crippen molar-refractivity contribution in [2.24, 2.45) is 11.7 Å². The summed E-state index contributed by atoms with van der Waals surface area (Å²) in [6.07, 6.45) is 0.912. The SMILES string of the molecule is NC[C@H](O)c1nc(CC2CCOC2)no1. The van der Waals surface area contributed by atoms with Gasteiger partial charge >= 0.3 is 0 Å². The van der Waals surface area contributed by atoms with Crippen LogP contribution in [0.4, 0.5) is 0 Å². The molecule has 1 aromatic heterocycles. The number of ether oxygens (including phenoxy) is 1. The van der Waals surface area contributed by atoms with Crippen LogP contribution in [0.5, 0.6) is 0 Å². The number of hydrogen-bond acceptors (Lipinski definition) is 6. The van der Waals surface area contributed by atoms with Crippen molar-refractivity contribution in [1.82, 2.24) is 10.1 Å². The van der Waals surface area contributed by atoms with Crippen LogP contribution in [0.3, 0.4) is 0 Å². The molecule has 6 nitrogen and oxygen atoms in total. The quantitative estimate of drug-likeness (QED) is 0.709. The fraction of sp³-hybridized carbons (Fsp3) is 0.778. The zero-order valence-electron chi connectivity index (χ0n) is 8.43. The van der Waals surface area contributed by atoms with Crippen molar-refractivity contribution in [3.63, 3.8) is 0 Å². The van der Waals surface area contributed by atoms with E-state index in [1.807, 2.05) is 0 Å². The van der Waals surface area contributed by atoms with Crippen molar-refractivity contribution in [1.29, 1.82) is 0 Å². The van der Waals surface area contributed by atoms with E-state index in [1.54, 1.807) is 0 Å². The monoisotopic (exact) mass is 213 g/mol. The maximum Gasteiger partial charge on any atom is 0.256 e. The average Bonchev–Trinajstić information content (AvgIpc) is 2.88. The fourth-order valence-corrected chi connectivity index (χ4v) is 1.59. The third-order valence-electron chi connectivity index (χ3n) is 2.49. The lowest BCUT2D eigenvalue weighted by Crippen LogP contribution is -2.12. The van der Waals surface area contributed by atoms with E-state index in [0.717, 1.165) is 26.1 Å². The number of nitrogens with two attached hydrogens (primary N) is 1. The highest BCUT2D eigenvalue weighted by atomic mass is 16.5. The summed E-state index contributed by atoms with van der Waals surface area (Å²) in [5.74, 6) is 1.28. The molecule has 0 saturated carbocycles. The number of aliphatic hydroxyl groups excluding tert-OH is 1. The van der Waals surface area contributed by atoms with E-state index in [2.05, 4.69) is 10.1 Å². The summed E-state index contributed by atoms with van der Waals surface area (Å²) in [5.41, 5.74) is 5.28. The van der Waals surface area contributed by atoms with Gasteiger partial charge in [0.1, 0.15) is 6.10 Å². The lowest BCUT2D eigenvalue weighted by Gasteiger charge is -2.01. The highest BCUT2D eigenvalue weighted by molar-refractivity contribution is 4.92. The normalized spacial score (nSPS) is 23.2. The smallest absolute Gasteiger partial charge is 0.256 e. The highest BCUT2D eigenvalue weighted by Gasteiger charge is 2.20. The van der Waals surface area contributed by atoms with Crippen LogP contribution in [0.1, 0.15) is 24.2 Å². The molecule has 1 aromatic rings. The van der Waals surface area contributed by atoms with Gasteiger partial charge in [0.05, 0.1) is 0 Å². The molecule has 0 aliphatic carbocycles. The number of aliphatic hydroxyl groups is 1. The van der Waals surface area contributed by atoms with Crippen LogP contribution in [-0.2, 0) is 11.2 Å². The molecule has 2 heterocycles. The van der Waals surface area contributed by atoms with Gasteiger partial charge in [-0.1, -0.05) is 5.16 Å². The largest absolute Gasteiger partial charge is 0.382 e. The van der Waals surface area contributed by atoms with Gasteiger partial charge in [-0.15, -0.1) is 0 Å². The van der Waals surface area contributed by atoms with Crippen LogP contribution < -0.4 is 5.73 Å². The molecule has 6 heteroatoms. The second kappa shape index (κ2) is 4.69. The van der Waals surface area contributed by atoms with Crippen molar-refractivity contribution < 1.29 is 14.4 Å². The number of rotatable bonds is 4. The van der Waals surface area contributed by atoms with E-state index in [0.29, 0.717) is 11.7 Å². The molecule has 0 amide bonds. The van der Waals surface area contributed by atoms with Gasteiger partial charge in [0.25, 0.3) is 5.89 Å². The zero-order chi connectivity index (χ0) is 10.7. The van der Waals surface area contributed by atoms with Gasteiger partial charge in [0.2, 0.25) is 0 Å². The maximum absolute atomic E-state index is 9.36. The topological polar surface area (TPSA) is 94.4 Å². The van der Waals surface area contributed by atoms with Crippen LogP contribution in [-0.4, -0.2) is 35.0 Å². The van der Waals surface area contributed by atoms with Gasteiger partial charge in [-0.3, -0.25) is 0 Å². The van der Waals surface area contributed by atoms with E-state index in [4.69, 9.17) is 15.0 Å². The summed E-state index contributed by atoms with van der Waals surface area (Å²) in [6.45, 7) is 1.65. The van der Waals surface area contributed by atoms with Crippen molar-refractivity contribution in [3.8, 4) is 0 Å². The lowest BCUT2D eigenvalue weighted by molar-refractivity contribution is 0.141. The minimum absolute atomic E-state index is 0.0914. The Morgan fingerprint density at radius 1 is 1.60 bits per heavy atom. The Labute approximate surface area is 87.4 Å². The van der Waals surface area contributed by atoms with E-state index in [-0.39, 0.29) is 12.4 Å². The molecule has 0 aromatic carbocycles. The molecule has 0 spiro atoms. The zero-order valence-corrected chi connectivity index (χ0v) is 8.43. The Morgan fingerprint density at radius 2 is 2.47 bits per heavy atom. The van der Waals surface area contributed by atoms with Crippen LogP contribution >= 0.6 is 0 Å². The summed E-state index contributed by atoms with van der Waals surface area (Å²) in [4.78, 5) is 4.08. The van der Waals surface area contributed by atoms with Gasteiger partial charge in [-0.25, -0.2) is 0 Å². The van der Waals surface area contributed by atoms with Crippen LogP contribution in [0.15, 0.2) is 4.52 Å². The van der Waals surface area contributed by atoms with Crippen LogP contribution in [0, 0.1) is 5.92 Å². The van der Waals surface area contributed by atoms with Crippen LogP contribution in [0.2, 0.25) is 0 Å². The fourth-order valence-electron chi connectivity index (χ4n) is 1.59. The van der Waals surface area contributed by atoms with Gasteiger partial charge in [-0.2, -0.15) is 4.98 Å². The first kappa shape index (κ1) is 10.5. The third kappa shape index (κ3) is 2.53. The van der Waals surface area contributed by atoms with E-state index < -0.39 is 6.10 Å². The lowest BCUT2D eigenvalue weighted by atomic mass is 10.1.